The van der Waals surface area contributed by atoms with E-state index in [4.69, 9.17) is 4.98 Å². The standard InChI is InChI=1S/C27H29N2/c1-17(2)23-9-10-26(28-16-23)22-8-7-21-11-12-29(6)27(25(21)15-22)24-14-18(3)13-19(4)20(24)5/h7-17H,1-6H3/q+1. The van der Waals surface area contributed by atoms with Crippen LogP contribution >= 0.6 is 0 Å². The van der Waals surface area contributed by atoms with E-state index >= 15 is 0 Å². The molecule has 0 unspecified atom stereocenters. The molecule has 2 aromatic carbocycles. The molecule has 0 N–H and O–H groups in total. The summed E-state index contributed by atoms with van der Waals surface area (Å²) in [5.41, 5.74) is 9.97. The fourth-order valence-corrected chi connectivity index (χ4v) is 4.06. The van der Waals surface area contributed by atoms with Gasteiger partial charge in [-0.05, 0) is 67.0 Å². The molecular weight excluding hydrogens is 352 g/mol. The molecule has 0 atom stereocenters. The van der Waals surface area contributed by atoms with Crippen LogP contribution in [0.25, 0.3) is 33.3 Å². The largest absolute Gasteiger partial charge is 0.256 e. The van der Waals surface area contributed by atoms with Crippen molar-refractivity contribution >= 4 is 10.8 Å². The third-order valence-corrected chi connectivity index (χ3v) is 5.95. The van der Waals surface area contributed by atoms with Crippen LogP contribution in [0, 0.1) is 20.8 Å². The van der Waals surface area contributed by atoms with Crippen LogP contribution in [0.3, 0.4) is 0 Å². The van der Waals surface area contributed by atoms with E-state index in [1.54, 1.807) is 0 Å². The fourth-order valence-electron chi connectivity index (χ4n) is 4.06. The molecule has 2 aromatic heterocycles. The van der Waals surface area contributed by atoms with Gasteiger partial charge < -0.3 is 0 Å². The quantitative estimate of drug-likeness (QED) is 0.373. The number of fused-ring (bicyclic) bond motifs is 1. The highest BCUT2D eigenvalue weighted by Gasteiger charge is 2.19. The molecule has 0 saturated carbocycles. The van der Waals surface area contributed by atoms with Gasteiger partial charge in [0.05, 0.1) is 16.6 Å². The fraction of sp³-hybridized carbons (Fsp3) is 0.259. The van der Waals surface area contributed by atoms with Crippen molar-refractivity contribution in [3.05, 3.63) is 83.2 Å². The maximum Gasteiger partial charge on any atom is 0.220 e. The molecule has 29 heavy (non-hydrogen) atoms. The molecule has 4 aromatic rings. The molecule has 2 heterocycles. The Balaban J connectivity index is 1.94. The topological polar surface area (TPSA) is 16.8 Å². The second-order valence-electron chi connectivity index (χ2n) is 8.46. The smallest absolute Gasteiger partial charge is 0.220 e. The number of rotatable bonds is 3. The lowest BCUT2D eigenvalue weighted by Crippen LogP contribution is -2.30. The summed E-state index contributed by atoms with van der Waals surface area (Å²) in [6.07, 6.45) is 4.16. The van der Waals surface area contributed by atoms with E-state index in [1.807, 2.05) is 6.20 Å². The molecule has 0 fully saturated rings. The number of hydrogen-bond donors (Lipinski definition) is 0. The highest BCUT2D eigenvalue weighted by atomic mass is 14.9. The van der Waals surface area contributed by atoms with Crippen molar-refractivity contribution in [1.82, 2.24) is 4.98 Å². The van der Waals surface area contributed by atoms with Crippen LogP contribution in [-0.4, -0.2) is 4.98 Å². The van der Waals surface area contributed by atoms with Gasteiger partial charge in [-0.2, -0.15) is 0 Å². The SMILES string of the molecule is Cc1cc(C)c(C)c(-c2c3cc(-c4ccc(C(C)C)cn4)ccc3cc[n+]2C)c1. The third kappa shape index (κ3) is 3.55. The zero-order valence-corrected chi connectivity index (χ0v) is 18.2. The predicted molar refractivity (Wildman–Crippen MR) is 122 cm³/mol. The molecular formula is C27H29N2+. The lowest BCUT2D eigenvalue weighted by molar-refractivity contribution is -0.659. The van der Waals surface area contributed by atoms with Crippen LogP contribution < -0.4 is 4.57 Å². The molecule has 0 aliphatic heterocycles. The van der Waals surface area contributed by atoms with Gasteiger partial charge in [0.2, 0.25) is 5.69 Å². The summed E-state index contributed by atoms with van der Waals surface area (Å²) in [4.78, 5) is 4.74. The minimum atomic E-state index is 0.492. The number of nitrogens with zero attached hydrogens (tertiary/aromatic N) is 2. The first-order valence-corrected chi connectivity index (χ1v) is 10.3. The molecule has 0 radical (unpaired) electrons. The molecule has 4 rings (SSSR count). The van der Waals surface area contributed by atoms with Gasteiger partial charge in [0, 0.05) is 17.8 Å². The van der Waals surface area contributed by atoms with Gasteiger partial charge in [0.1, 0.15) is 7.05 Å². The van der Waals surface area contributed by atoms with Crippen molar-refractivity contribution < 1.29 is 4.57 Å². The summed E-state index contributed by atoms with van der Waals surface area (Å²) >= 11 is 0. The van der Waals surface area contributed by atoms with Gasteiger partial charge in [0.25, 0.3) is 0 Å². The Morgan fingerprint density at radius 1 is 0.897 bits per heavy atom. The molecule has 0 saturated heterocycles. The Kier molecular flexibility index (Phi) is 4.96. The first kappa shape index (κ1) is 19.3. The molecule has 0 spiro atoms. The first-order valence-electron chi connectivity index (χ1n) is 10.3. The molecule has 2 nitrogen and oxygen atoms in total. The zero-order valence-electron chi connectivity index (χ0n) is 18.2. The Morgan fingerprint density at radius 2 is 1.69 bits per heavy atom. The highest BCUT2D eigenvalue weighted by Crippen LogP contribution is 2.32. The average molecular weight is 382 g/mol. The average Bonchev–Trinajstić information content (AvgIpc) is 2.70. The molecule has 2 heteroatoms. The Labute approximate surface area is 173 Å². The molecule has 146 valence electrons. The van der Waals surface area contributed by atoms with Crippen LogP contribution in [0.4, 0.5) is 0 Å². The van der Waals surface area contributed by atoms with Crippen molar-refractivity contribution in [3.8, 4) is 22.5 Å². The Morgan fingerprint density at radius 3 is 2.38 bits per heavy atom. The predicted octanol–water partition coefficient (Wildman–Crippen LogP) is 6.44. The summed E-state index contributed by atoms with van der Waals surface area (Å²) in [7, 11) is 2.13. The minimum absolute atomic E-state index is 0.492. The van der Waals surface area contributed by atoms with Crippen LogP contribution in [0.15, 0.2) is 60.9 Å². The Hall–Kier alpha value is -3.00. The monoisotopic (exact) mass is 381 g/mol. The van der Waals surface area contributed by atoms with E-state index in [0.29, 0.717) is 5.92 Å². The summed E-state index contributed by atoms with van der Waals surface area (Å²) in [5.74, 6) is 0.492. The summed E-state index contributed by atoms with van der Waals surface area (Å²) in [6.45, 7) is 11.0. The van der Waals surface area contributed by atoms with Gasteiger partial charge in [-0.15, -0.1) is 0 Å². The normalized spacial score (nSPS) is 11.4. The lowest BCUT2D eigenvalue weighted by Gasteiger charge is -2.12. The number of benzene rings is 2. The van der Waals surface area contributed by atoms with Crippen LogP contribution in [-0.2, 0) is 7.05 Å². The molecule has 0 aliphatic carbocycles. The Bertz CT molecular complexity index is 1200. The van der Waals surface area contributed by atoms with E-state index in [9.17, 15) is 0 Å². The highest BCUT2D eigenvalue weighted by molar-refractivity contribution is 5.96. The van der Waals surface area contributed by atoms with Crippen molar-refractivity contribution in [2.45, 2.75) is 40.5 Å². The third-order valence-electron chi connectivity index (χ3n) is 5.95. The lowest BCUT2D eigenvalue weighted by atomic mass is 9.93. The number of pyridine rings is 2. The van der Waals surface area contributed by atoms with E-state index in [0.717, 1.165) is 11.3 Å². The van der Waals surface area contributed by atoms with Crippen LogP contribution in [0.1, 0.15) is 42.0 Å². The summed E-state index contributed by atoms with van der Waals surface area (Å²) in [6, 6.07) is 17.8. The molecule has 0 amide bonds. The van der Waals surface area contributed by atoms with E-state index in [-0.39, 0.29) is 0 Å². The summed E-state index contributed by atoms with van der Waals surface area (Å²) < 4.78 is 2.24. The maximum atomic E-state index is 4.74. The number of aryl methyl sites for hydroxylation is 3. The minimum Gasteiger partial charge on any atom is -0.256 e. The second-order valence-corrected chi connectivity index (χ2v) is 8.46. The van der Waals surface area contributed by atoms with E-state index in [1.165, 1.54) is 44.3 Å². The van der Waals surface area contributed by atoms with Gasteiger partial charge in [-0.25, -0.2) is 4.57 Å². The first-order chi connectivity index (χ1) is 13.8. The molecule has 0 aliphatic rings. The van der Waals surface area contributed by atoms with Crippen molar-refractivity contribution in [2.75, 3.05) is 0 Å². The van der Waals surface area contributed by atoms with Crippen molar-refractivity contribution in [2.24, 2.45) is 7.05 Å². The van der Waals surface area contributed by atoms with Gasteiger partial charge >= 0.3 is 0 Å². The number of aromatic nitrogens is 2. The zero-order chi connectivity index (χ0) is 20.7. The van der Waals surface area contributed by atoms with Gasteiger partial charge in [0.15, 0.2) is 6.20 Å². The van der Waals surface area contributed by atoms with E-state index in [2.05, 4.69) is 101 Å². The van der Waals surface area contributed by atoms with E-state index < -0.39 is 0 Å². The van der Waals surface area contributed by atoms with Crippen molar-refractivity contribution in [1.29, 1.82) is 0 Å². The molecule has 0 bridgehead atoms. The number of hydrogen-bond acceptors (Lipinski definition) is 1. The van der Waals surface area contributed by atoms with Crippen LogP contribution in [0.2, 0.25) is 0 Å². The maximum absolute atomic E-state index is 4.74. The van der Waals surface area contributed by atoms with Crippen LogP contribution in [0.5, 0.6) is 0 Å². The summed E-state index contributed by atoms with van der Waals surface area (Å²) in [5, 5.41) is 2.51. The van der Waals surface area contributed by atoms with Gasteiger partial charge in [-0.3, -0.25) is 4.98 Å². The van der Waals surface area contributed by atoms with Gasteiger partial charge in [-0.1, -0.05) is 43.7 Å². The second kappa shape index (κ2) is 7.44. The van der Waals surface area contributed by atoms with Crippen molar-refractivity contribution in [3.63, 3.8) is 0 Å².